The summed E-state index contributed by atoms with van der Waals surface area (Å²) in [5.41, 5.74) is 2.66. The summed E-state index contributed by atoms with van der Waals surface area (Å²) >= 11 is 0. The van der Waals surface area contributed by atoms with Crippen LogP contribution in [0.4, 0.5) is 5.82 Å². The summed E-state index contributed by atoms with van der Waals surface area (Å²) in [5, 5.41) is 21.5. The van der Waals surface area contributed by atoms with Crippen LogP contribution in [0.25, 0.3) is 0 Å². The Morgan fingerprint density at radius 1 is 1.33 bits per heavy atom. The number of hydrogen-bond donors (Lipinski definition) is 1. The van der Waals surface area contributed by atoms with Crippen LogP contribution in [0.15, 0.2) is 0 Å². The van der Waals surface area contributed by atoms with Gasteiger partial charge in [-0.25, -0.2) is 0 Å². The van der Waals surface area contributed by atoms with E-state index in [0.29, 0.717) is 23.5 Å². The molecule has 1 N–H and O–H groups in total. The molecule has 1 fully saturated rings. The monoisotopic (exact) mass is 287 g/mol. The normalized spacial score (nSPS) is 22.8. The van der Waals surface area contributed by atoms with Gasteiger partial charge in [0.2, 0.25) is 0 Å². The molecule has 1 aromatic rings. The Bertz CT molecular complexity index is 534. The second kappa shape index (κ2) is 6.86. The van der Waals surface area contributed by atoms with Gasteiger partial charge in [0.15, 0.2) is 5.82 Å². The molecule has 1 saturated heterocycles. The van der Waals surface area contributed by atoms with Crippen LogP contribution in [-0.2, 0) is 12.8 Å². The first-order chi connectivity index (χ1) is 10.1. The zero-order valence-electron chi connectivity index (χ0n) is 13.5. The zero-order chi connectivity index (χ0) is 15.4. The maximum Gasteiger partial charge on any atom is 0.167 e. The zero-order valence-corrected chi connectivity index (χ0v) is 13.5. The number of nitrogens with zero attached hydrogens (tertiary/aromatic N) is 4. The summed E-state index contributed by atoms with van der Waals surface area (Å²) in [5.74, 6) is 0.660. The molecule has 0 saturated carbocycles. The van der Waals surface area contributed by atoms with Crippen molar-refractivity contribution in [3.63, 3.8) is 0 Å². The SMILES string of the molecule is CCc1nnc(NC2CCN(C)C(C)C2)c(C#N)c1CC. The molecule has 0 radical (unpaired) electrons. The molecule has 0 aromatic carbocycles. The molecule has 0 bridgehead atoms. The molecule has 114 valence electrons. The van der Waals surface area contributed by atoms with Crippen LogP contribution >= 0.6 is 0 Å². The Kier molecular flexibility index (Phi) is 5.13. The molecule has 1 aromatic heterocycles. The topological polar surface area (TPSA) is 64.8 Å². The number of piperidine rings is 1. The highest BCUT2D eigenvalue weighted by atomic mass is 15.2. The predicted octanol–water partition coefficient (Wildman–Crippen LogP) is 2.37. The van der Waals surface area contributed by atoms with Crippen LogP contribution < -0.4 is 5.32 Å². The van der Waals surface area contributed by atoms with Gasteiger partial charge in [0, 0.05) is 18.6 Å². The Morgan fingerprint density at radius 3 is 2.67 bits per heavy atom. The van der Waals surface area contributed by atoms with E-state index in [0.717, 1.165) is 43.5 Å². The van der Waals surface area contributed by atoms with Gasteiger partial charge in [-0.15, -0.1) is 5.10 Å². The third-order valence-electron chi connectivity index (χ3n) is 4.51. The molecule has 1 aliphatic heterocycles. The molecular formula is C16H25N5. The van der Waals surface area contributed by atoms with Crippen molar-refractivity contribution in [2.24, 2.45) is 0 Å². The summed E-state index contributed by atoms with van der Waals surface area (Å²) < 4.78 is 0. The lowest BCUT2D eigenvalue weighted by Gasteiger charge is -2.35. The highest BCUT2D eigenvalue weighted by Crippen LogP contribution is 2.24. The lowest BCUT2D eigenvalue weighted by atomic mass is 9.98. The Hall–Kier alpha value is -1.67. The molecule has 0 amide bonds. The van der Waals surface area contributed by atoms with E-state index in [1.807, 2.05) is 0 Å². The Labute approximate surface area is 127 Å². The van der Waals surface area contributed by atoms with Gasteiger partial charge in [0.25, 0.3) is 0 Å². The fraction of sp³-hybridized carbons (Fsp3) is 0.688. The van der Waals surface area contributed by atoms with Gasteiger partial charge in [0.05, 0.1) is 5.69 Å². The summed E-state index contributed by atoms with van der Waals surface area (Å²) in [6, 6.07) is 3.25. The molecule has 1 aliphatic rings. The van der Waals surface area contributed by atoms with Gasteiger partial charge >= 0.3 is 0 Å². The molecule has 0 spiro atoms. The molecule has 21 heavy (non-hydrogen) atoms. The van der Waals surface area contributed by atoms with Crippen LogP contribution in [0, 0.1) is 11.3 Å². The maximum atomic E-state index is 9.51. The van der Waals surface area contributed by atoms with Crippen molar-refractivity contribution in [3.05, 3.63) is 16.8 Å². The van der Waals surface area contributed by atoms with Gasteiger partial charge in [-0.1, -0.05) is 13.8 Å². The number of nitrogens with one attached hydrogen (secondary N) is 1. The van der Waals surface area contributed by atoms with Crippen LogP contribution in [0.2, 0.25) is 0 Å². The number of aromatic nitrogens is 2. The summed E-state index contributed by atoms with van der Waals surface area (Å²) in [6.07, 6.45) is 3.78. The van der Waals surface area contributed by atoms with Crippen molar-refractivity contribution in [1.82, 2.24) is 15.1 Å². The number of nitriles is 1. The predicted molar refractivity (Wildman–Crippen MR) is 84.2 cm³/mol. The maximum absolute atomic E-state index is 9.51. The van der Waals surface area contributed by atoms with Gasteiger partial charge in [-0.3, -0.25) is 0 Å². The third kappa shape index (κ3) is 3.33. The molecular weight excluding hydrogens is 262 g/mol. The minimum atomic E-state index is 0.370. The minimum Gasteiger partial charge on any atom is -0.365 e. The van der Waals surface area contributed by atoms with Crippen molar-refractivity contribution in [2.45, 2.75) is 58.5 Å². The molecule has 2 heterocycles. The Morgan fingerprint density at radius 2 is 2.10 bits per heavy atom. The first-order valence-electron chi connectivity index (χ1n) is 7.85. The number of rotatable bonds is 4. The average Bonchev–Trinajstić information content (AvgIpc) is 2.50. The van der Waals surface area contributed by atoms with Gasteiger partial charge in [0.1, 0.15) is 11.6 Å². The lowest BCUT2D eigenvalue weighted by Crippen LogP contribution is -2.42. The van der Waals surface area contributed by atoms with Crippen LogP contribution in [0.1, 0.15) is 50.4 Å². The summed E-state index contributed by atoms with van der Waals surface area (Å²) in [4.78, 5) is 2.37. The van der Waals surface area contributed by atoms with Gasteiger partial charge in [-0.05, 0) is 45.2 Å². The van der Waals surface area contributed by atoms with Crippen LogP contribution in [-0.4, -0.2) is 40.8 Å². The standard InChI is InChI=1S/C16H25N5/c1-5-13-14(10-17)16(20-19-15(13)6-2)18-12-7-8-21(4)11(3)9-12/h11-12H,5-9H2,1-4H3,(H,18,20). The first kappa shape index (κ1) is 15.7. The van der Waals surface area contributed by atoms with Gasteiger partial charge in [-0.2, -0.15) is 10.4 Å². The van der Waals surface area contributed by atoms with Crippen molar-refractivity contribution < 1.29 is 0 Å². The lowest BCUT2D eigenvalue weighted by molar-refractivity contribution is 0.190. The number of likely N-dealkylation sites (tertiary alicyclic amines) is 1. The van der Waals surface area contributed by atoms with E-state index >= 15 is 0 Å². The molecule has 0 aliphatic carbocycles. The number of hydrogen-bond acceptors (Lipinski definition) is 5. The van der Waals surface area contributed by atoms with E-state index < -0.39 is 0 Å². The quantitative estimate of drug-likeness (QED) is 0.921. The molecule has 5 heteroatoms. The van der Waals surface area contributed by atoms with Crippen molar-refractivity contribution in [1.29, 1.82) is 5.26 Å². The Balaban J connectivity index is 2.23. The fourth-order valence-electron chi connectivity index (χ4n) is 3.01. The number of aryl methyl sites for hydroxylation is 1. The molecule has 2 atom stereocenters. The van der Waals surface area contributed by atoms with Crippen LogP contribution in [0.5, 0.6) is 0 Å². The molecule has 2 unspecified atom stereocenters. The molecule has 5 nitrogen and oxygen atoms in total. The highest BCUT2D eigenvalue weighted by Gasteiger charge is 2.24. The number of anilines is 1. The first-order valence-corrected chi connectivity index (χ1v) is 7.85. The van der Waals surface area contributed by atoms with Crippen molar-refractivity contribution in [2.75, 3.05) is 18.9 Å². The fourth-order valence-corrected chi connectivity index (χ4v) is 3.01. The minimum absolute atomic E-state index is 0.370. The van der Waals surface area contributed by atoms with E-state index in [-0.39, 0.29) is 0 Å². The van der Waals surface area contributed by atoms with E-state index in [9.17, 15) is 5.26 Å². The third-order valence-corrected chi connectivity index (χ3v) is 4.51. The smallest absolute Gasteiger partial charge is 0.167 e. The van der Waals surface area contributed by atoms with E-state index in [2.05, 4.69) is 54.3 Å². The van der Waals surface area contributed by atoms with Crippen molar-refractivity contribution in [3.8, 4) is 6.07 Å². The van der Waals surface area contributed by atoms with Crippen molar-refractivity contribution >= 4 is 5.82 Å². The average molecular weight is 287 g/mol. The van der Waals surface area contributed by atoms with Crippen LogP contribution in [0.3, 0.4) is 0 Å². The second-order valence-corrected chi connectivity index (χ2v) is 5.86. The largest absolute Gasteiger partial charge is 0.365 e. The van der Waals surface area contributed by atoms with E-state index in [4.69, 9.17) is 0 Å². The molecule has 2 rings (SSSR count). The van der Waals surface area contributed by atoms with E-state index in [1.165, 1.54) is 0 Å². The van der Waals surface area contributed by atoms with Gasteiger partial charge < -0.3 is 10.2 Å². The summed E-state index contributed by atoms with van der Waals surface area (Å²) in [7, 11) is 2.16. The highest BCUT2D eigenvalue weighted by molar-refractivity contribution is 5.57. The second-order valence-electron chi connectivity index (χ2n) is 5.86. The van der Waals surface area contributed by atoms with E-state index in [1.54, 1.807) is 0 Å². The summed E-state index contributed by atoms with van der Waals surface area (Å²) in [6.45, 7) is 7.43.